The number of carbonyl (C=O) groups is 1. The van der Waals surface area contributed by atoms with E-state index in [0.717, 1.165) is 36.4 Å². The Morgan fingerprint density at radius 2 is 1.91 bits per heavy atom. The van der Waals surface area contributed by atoms with Gasteiger partial charge in [0.05, 0.1) is 11.4 Å². The normalized spacial score (nSPS) is 21.3. The molecule has 0 aliphatic carbocycles. The van der Waals surface area contributed by atoms with Gasteiger partial charge in [0.15, 0.2) is 5.82 Å². The van der Waals surface area contributed by atoms with Gasteiger partial charge in [-0.2, -0.15) is 0 Å². The molecule has 1 aromatic carbocycles. The van der Waals surface area contributed by atoms with E-state index in [0.29, 0.717) is 18.3 Å². The highest BCUT2D eigenvalue weighted by atomic mass is 16.2. The van der Waals surface area contributed by atoms with E-state index in [9.17, 15) is 4.79 Å². The van der Waals surface area contributed by atoms with E-state index >= 15 is 0 Å². The average molecular weight is 434 g/mol. The molecule has 0 radical (unpaired) electrons. The van der Waals surface area contributed by atoms with Crippen LogP contribution in [-0.4, -0.2) is 53.5 Å². The van der Waals surface area contributed by atoms with Crippen LogP contribution in [0.15, 0.2) is 42.6 Å². The molecule has 6 nitrogen and oxygen atoms in total. The zero-order valence-corrected chi connectivity index (χ0v) is 19.0. The Labute approximate surface area is 191 Å². The van der Waals surface area contributed by atoms with Gasteiger partial charge in [-0.15, -0.1) is 0 Å². The summed E-state index contributed by atoms with van der Waals surface area (Å²) < 4.78 is 0. The molecule has 0 spiro atoms. The molecule has 2 amide bonds. The molecular weight excluding hydrogens is 398 g/mol. The summed E-state index contributed by atoms with van der Waals surface area (Å²) in [6, 6.07) is 12.2. The number of hydrogen-bond acceptors (Lipinski definition) is 4. The number of para-hydroxylation sites is 1. The van der Waals surface area contributed by atoms with Crippen molar-refractivity contribution >= 4 is 23.2 Å². The maximum absolute atomic E-state index is 13.9. The second kappa shape index (κ2) is 9.90. The standard InChI is InChI=1S/C26H35N5O/c32-26(30-18-8-10-21(20-30)9-7-17-29-15-4-1-5-16-29)31-24-13-3-2-11-22(24)19-28-23-12-6-14-27-25(23)31/h2-3,6,11-14,21,28H,1,4-5,7-10,15-20H2. The topological polar surface area (TPSA) is 51.7 Å². The van der Waals surface area contributed by atoms with Crippen LogP contribution < -0.4 is 10.2 Å². The summed E-state index contributed by atoms with van der Waals surface area (Å²) >= 11 is 0. The SMILES string of the molecule is O=C(N1CCCC(CCCN2CCCCC2)C1)N1c2ccccc2CNc2cccnc21. The lowest BCUT2D eigenvalue weighted by molar-refractivity contribution is 0.163. The molecule has 2 saturated heterocycles. The van der Waals surface area contributed by atoms with Crippen molar-refractivity contribution in [3.05, 3.63) is 48.2 Å². The number of amides is 2. The summed E-state index contributed by atoms with van der Waals surface area (Å²) in [4.78, 5) is 25.0. The number of urea groups is 1. The van der Waals surface area contributed by atoms with Crippen LogP contribution in [0.4, 0.5) is 22.0 Å². The Hall–Kier alpha value is -2.60. The number of piperidine rings is 2. The van der Waals surface area contributed by atoms with Crippen LogP contribution in [0.3, 0.4) is 0 Å². The van der Waals surface area contributed by atoms with Crippen LogP contribution in [-0.2, 0) is 6.54 Å². The molecule has 32 heavy (non-hydrogen) atoms. The molecule has 1 aromatic heterocycles. The second-order valence-corrected chi connectivity index (χ2v) is 9.47. The first kappa shape index (κ1) is 21.3. The largest absolute Gasteiger partial charge is 0.378 e. The van der Waals surface area contributed by atoms with Gasteiger partial charge in [0.25, 0.3) is 0 Å². The zero-order valence-electron chi connectivity index (χ0n) is 19.0. The molecule has 5 rings (SSSR count). The lowest BCUT2D eigenvalue weighted by Crippen LogP contribution is -2.46. The van der Waals surface area contributed by atoms with E-state index in [1.165, 1.54) is 58.2 Å². The predicted molar refractivity (Wildman–Crippen MR) is 129 cm³/mol. The van der Waals surface area contributed by atoms with Gasteiger partial charge in [-0.05, 0) is 87.8 Å². The number of rotatable bonds is 4. The first-order chi connectivity index (χ1) is 15.8. The van der Waals surface area contributed by atoms with E-state index in [4.69, 9.17) is 0 Å². The summed E-state index contributed by atoms with van der Waals surface area (Å²) in [5.41, 5.74) is 2.97. The highest BCUT2D eigenvalue weighted by Gasteiger charge is 2.32. The Bertz CT molecular complexity index is 878. The molecule has 170 valence electrons. The van der Waals surface area contributed by atoms with Crippen LogP contribution >= 0.6 is 0 Å². The number of anilines is 3. The number of nitrogens with zero attached hydrogens (tertiary/aromatic N) is 4. The molecule has 6 heteroatoms. The lowest BCUT2D eigenvalue weighted by Gasteiger charge is -2.36. The molecule has 1 atom stereocenters. The summed E-state index contributed by atoms with van der Waals surface area (Å²) in [6.45, 7) is 6.13. The molecule has 3 aliphatic rings. The van der Waals surface area contributed by atoms with Crippen LogP contribution in [0, 0.1) is 5.92 Å². The fourth-order valence-electron chi connectivity index (χ4n) is 5.49. The van der Waals surface area contributed by atoms with Gasteiger partial charge in [-0.1, -0.05) is 24.6 Å². The van der Waals surface area contributed by atoms with E-state index in [-0.39, 0.29) is 6.03 Å². The van der Waals surface area contributed by atoms with Crippen molar-refractivity contribution in [2.24, 2.45) is 5.92 Å². The monoisotopic (exact) mass is 433 g/mol. The number of pyridine rings is 1. The number of aromatic nitrogens is 1. The minimum Gasteiger partial charge on any atom is -0.378 e. The van der Waals surface area contributed by atoms with Crippen LogP contribution in [0.5, 0.6) is 0 Å². The van der Waals surface area contributed by atoms with Crippen molar-refractivity contribution in [2.45, 2.75) is 51.5 Å². The Morgan fingerprint density at radius 3 is 2.81 bits per heavy atom. The van der Waals surface area contributed by atoms with Crippen molar-refractivity contribution in [1.29, 1.82) is 0 Å². The first-order valence-electron chi connectivity index (χ1n) is 12.4. The Morgan fingerprint density at radius 1 is 1.03 bits per heavy atom. The molecular formula is C26H35N5O. The number of carbonyl (C=O) groups excluding carboxylic acids is 1. The maximum Gasteiger partial charge on any atom is 0.330 e. The van der Waals surface area contributed by atoms with Crippen molar-refractivity contribution < 1.29 is 4.79 Å². The van der Waals surface area contributed by atoms with E-state index < -0.39 is 0 Å². The van der Waals surface area contributed by atoms with Crippen molar-refractivity contribution in [1.82, 2.24) is 14.8 Å². The van der Waals surface area contributed by atoms with Crippen LogP contribution in [0.25, 0.3) is 0 Å². The number of hydrogen-bond donors (Lipinski definition) is 1. The third kappa shape index (κ3) is 4.60. The van der Waals surface area contributed by atoms with Gasteiger partial charge in [0, 0.05) is 25.8 Å². The van der Waals surface area contributed by atoms with Crippen LogP contribution in [0.1, 0.15) is 50.5 Å². The molecule has 2 aromatic rings. The van der Waals surface area contributed by atoms with Gasteiger partial charge in [-0.3, -0.25) is 0 Å². The fraction of sp³-hybridized carbons (Fsp3) is 0.538. The molecule has 0 saturated carbocycles. The van der Waals surface area contributed by atoms with E-state index in [1.54, 1.807) is 6.20 Å². The molecule has 4 heterocycles. The van der Waals surface area contributed by atoms with Crippen molar-refractivity contribution in [2.75, 3.05) is 42.9 Å². The number of nitrogens with one attached hydrogen (secondary N) is 1. The number of likely N-dealkylation sites (tertiary alicyclic amines) is 2. The van der Waals surface area contributed by atoms with Gasteiger partial charge >= 0.3 is 6.03 Å². The quantitative estimate of drug-likeness (QED) is 0.716. The molecule has 1 unspecified atom stereocenters. The van der Waals surface area contributed by atoms with Gasteiger partial charge in [0.2, 0.25) is 0 Å². The van der Waals surface area contributed by atoms with Gasteiger partial charge in [0.1, 0.15) is 0 Å². The second-order valence-electron chi connectivity index (χ2n) is 9.47. The third-order valence-corrected chi connectivity index (χ3v) is 7.22. The van der Waals surface area contributed by atoms with E-state index in [1.807, 2.05) is 35.2 Å². The summed E-state index contributed by atoms with van der Waals surface area (Å²) in [7, 11) is 0. The number of benzene rings is 1. The van der Waals surface area contributed by atoms with Crippen molar-refractivity contribution in [3.63, 3.8) is 0 Å². The lowest BCUT2D eigenvalue weighted by atomic mass is 9.93. The summed E-state index contributed by atoms with van der Waals surface area (Å²) in [6.07, 6.45) is 10.7. The zero-order chi connectivity index (χ0) is 21.8. The minimum atomic E-state index is 0.0573. The smallest absolute Gasteiger partial charge is 0.330 e. The fourth-order valence-corrected chi connectivity index (χ4v) is 5.49. The Kier molecular flexibility index (Phi) is 6.58. The predicted octanol–water partition coefficient (Wildman–Crippen LogP) is 5.24. The number of fused-ring (bicyclic) bond motifs is 2. The molecule has 3 aliphatic heterocycles. The average Bonchev–Trinajstić information content (AvgIpc) is 3.01. The maximum atomic E-state index is 13.9. The molecule has 2 fully saturated rings. The van der Waals surface area contributed by atoms with E-state index in [2.05, 4.69) is 26.2 Å². The summed E-state index contributed by atoms with van der Waals surface area (Å²) in [5, 5.41) is 3.46. The molecule has 1 N–H and O–H groups in total. The van der Waals surface area contributed by atoms with Crippen molar-refractivity contribution in [3.8, 4) is 0 Å². The van der Waals surface area contributed by atoms with Crippen LogP contribution in [0.2, 0.25) is 0 Å². The van der Waals surface area contributed by atoms with Gasteiger partial charge in [-0.25, -0.2) is 14.7 Å². The minimum absolute atomic E-state index is 0.0573. The Balaban J connectivity index is 1.29. The highest BCUT2D eigenvalue weighted by Crippen LogP contribution is 2.37. The third-order valence-electron chi connectivity index (χ3n) is 7.22. The molecule has 0 bridgehead atoms. The van der Waals surface area contributed by atoms with Gasteiger partial charge < -0.3 is 15.1 Å². The first-order valence-corrected chi connectivity index (χ1v) is 12.4. The summed E-state index contributed by atoms with van der Waals surface area (Å²) in [5.74, 6) is 1.30. The highest BCUT2D eigenvalue weighted by molar-refractivity contribution is 6.02.